The molecule has 1 aliphatic rings. The zero-order valence-electron chi connectivity index (χ0n) is 8.41. The molecule has 1 fully saturated rings. The minimum Gasteiger partial charge on any atom is -0.218 e. The summed E-state index contributed by atoms with van der Waals surface area (Å²) in [5.41, 5.74) is 0. The standard InChI is InChI=1S/C9H19NO2S/c1-8-3-5-9(6-4-8)7-13(11,12)10-2/h8-10H,3-7H2,1-2H3. The summed E-state index contributed by atoms with van der Waals surface area (Å²) in [6, 6.07) is 0. The Labute approximate surface area is 81.0 Å². The van der Waals surface area contributed by atoms with Gasteiger partial charge in [0.25, 0.3) is 0 Å². The summed E-state index contributed by atoms with van der Waals surface area (Å²) in [5.74, 6) is 1.48. The molecule has 0 spiro atoms. The lowest BCUT2D eigenvalue weighted by Crippen LogP contribution is -2.28. The first-order valence-electron chi connectivity index (χ1n) is 4.94. The van der Waals surface area contributed by atoms with Gasteiger partial charge in [-0.25, -0.2) is 13.1 Å². The third kappa shape index (κ3) is 3.65. The molecule has 0 aromatic heterocycles. The van der Waals surface area contributed by atoms with Gasteiger partial charge in [0, 0.05) is 0 Å². The SMILES string of the molecule is CNS(=O)(=O)CC1CCC(C)CC1. The molecular formula is C9H19NO2S. The molecule has 0 aromatic rings. The van der Waals surface area contributed by atoms with E-state index in [1.807, 2.05) is 0 Å². The Balaban J connectivity index is 2.39. The highest BCUT2D eigenvalue weighted by molar-refractivity contribution is 7.89. The van der Waals surface area contributed by atoms with Crippen LogP contribution in [0.15, 0.2) is 0 Å². The minimum atomic E-state index is -2.99. The zero-order chi connectivity index (χ0) is 9.90. The van der Waals surface area contributed by atoms with Crippen LogP contribution in [-0.2, 0) is 10.0 Å². The first-order chi connectivity index (χ1) is 6.03. The summed E-state index contributed by atoms with van der Waals surface area (Å²) in [6.07, 6.45) is 4.51. The van der Waals surface area contributed by atoms with E-state index in [1.165, 1.54) is 19.9 Å². The highest BCUT2D eigenvalue weighted by Gasteiger charge is 2.22. The van der Waals surface area contributed by atoms with Crippen LogP contribution in [0.1, 0.15) is 32.6 Å². The second-order valence-corrected chi connectivity index (χ2v) is 6.08. The van der Waals surface area contributed by atoms with E-state index in [4.69, 9.17) is 0 Å². The molecule has 0 amide bonds. The molecule has 3 nitrogen and oxygen atoms in total. The van der Waals surface area contributed by atoms with E-state index in [-0.39, 0.29) is 0 Å². The molecule has 0 unspecified atom stereocenters. The highest BCUT2D eigenvalue weighted by atomic mass is 32.2. The van der Waals surface area contributed by atoms with Crippen molar-refractivity contribution in [3.63, 3.8) is 0 Å². The highest BCUT2D eigenvalue weighted by Crippen LogP contribution is 2.28. The molecule has 0 saturated heterocycles. The number of hydrogen-bond donors (Lipinski definition) is 1. The Morgan fingerprint density at radius 1 is 1.23 bits per heavy atom. The van der Waals surface area contributed by atoms with Gasteiger partial charge >= 0.3 is 0 Å². The summed E-state index contributed by atoms with van der Waals surface area (Å²) in [4.78, 5) is 0. The quantitative estimate of drug-likeness (QED) is 0.756. The molecule has 1 N–H and O–H groups in total. The third-order valence-electron chi connectivity index (χ3n) is 2.90. The van der Waals surface area contributed by atoms with E-state index in [9.17, 15) is 8.42 Å². The average molecular weight is 205 g/mol. The smallest absolute Gasteiger partial charge is 0.211 e. The van der Waals surface area contributed by atoms with Crippen LogP contribution in [-0.4, -0.2) is 21.2 Å². The Hall–Kier alpha value is -0.0900. The van der Waals surface area contributed by atoms with E-state index >= 15 is 0 Å². The van der Waals surface area contributed by atoms with Gasteiger partial charge in [0.2, 0.25) is 10.0 Å². The number of sulfonamides is 1. The molecule has 1 saturated carbocycles. The van der Waals surface area contributed by atoms with Crippen LogP contribution in [0.5, 0.6) is 0 Å². The molecule has 0 aliphatic heterocycles. The summed E-state index contributed by atoms with van der Waals surface area (Å²) in [5, 5.41) is 0. The van der Waals surface area contributed by atoms with Crippen molar-refractivity contribution in [3.05, 3.63) is 0 Å². The van der Waals surface area contributed by atoms with Gasteiger partial charge in [-0.15, -0.1) is 0 Å². The molecule has 1 rings (SSSR count). The number of rotatable bonds is 3. The first kappa shape index (κ1) is 11.0. The average Bonchev–Trinajstić information content (AvgIpc) is 2.09. The molecule has 1 aliphatic carbocycles. The number of hydrogen-bond acceptors (Lipinski definition) is 2. The van der Waals surface area contributed by atoms with Crippen LogP contribution < -0.4 is 4.72 Å². The van der Waals surface area contributed by atoms with E-state index < -0.39 is 10.0 Å². The van der Waals surface area contributed by atoms with Crippen molar-refractivity contribution in [2.24, 2.45) is 11.8 Å². The lowest BCUT2D eigenvalue weighted by molar-refractivity contribution is 0.308. The number of nitrogens with one attached hydrogen (secondary N) is 1. The zero-order valence-corrected chi connectivity index (χ0v) is 9.23. The van der Waals surface area contributed by atoms with Gasteiger partial charge in [-0.1, -0.05) is 19.8 Å². The largest absolute Gasteiger partial charge is 0.218 e. The minimum absolute atomic E-state index is 0.316. The predicted molar refractivity (Wildman–Crippen MR) is 54.0 cm³/mol. The molecule has 78 valence electrons. The Kier molecular flexibility index (Phi) is 3.74. The molecule has 4 heteroatoms. The van der Waals surface area contributed by atoms with Gasteiger partial charge < -0.3 is 0 Å². The predicted octanol–water partition coefficient (Wildman–Crippen LogP) is 1.36. The summed E-state index contributed by atoms with van der Waals surface area (Å²) >= 11 is 0. The second-order valence-electron chi connectivity index (χ2n) is 4.11. The lowest BCUT2D eigenvalue weighted by Gasteiger charge is -2.25. The topological polar surface area (TPSA) is 46.2 Å². The summed E-state index contributed by atoms with van der Waals surface area (Å²) < 4.78 is 24.8. The normalized spacial score (nSPS) is 30.3. The van der Waals surface area contributed by atoms with Crippen molar-refractivity contribution < 1.29 is 8.42 Å². The van der Waals surface area contributed by atoms with Crippen LogP contribution in [0.2, 0.25) is 0 Å². The van der Waals surface area contributed by atoms with Crippen molar-refractivity contribution in [2.75, 3.05) is 12.8 Å². The van der Waals surface area contributed by atoms with Crippen LogP contribution >= 0.6 is 0 Å². The molecule has 0 atom stereocenters. The Morgan fingerprint density at radius 2 is 1.77 bits per heavy atom. The molecule has 13 heavy (non-hydrogen) atoms. The van der Waals surface area contributed by atoms with Gasteiger partial charge in [-0.3, -0.25) is 0 Å². The van der Waals surface area contributed by atoms with Gasteiger partial charge in [-0.2, -0.15) is 0 Å². The molecule has 0 bridgehead atoms. The van der Waals surface area contributed by atoms with E-state index in [0.717, 1.165) is 18.8 Å². The Bertz CT molecular complexity index is 240. The van der Waals surface area contributed by atoms with Crippen molar-refractivity contribution in [1.82, 2.24) is 4.72 Å². The lowest BCUT2D eigenvalue weighted by atomic mass is 9.84. The fourth-order valence-corrected chi connectivity index (χ4v) is 3.01. The van der Waals surface area contributed by atoms with Crippen molar-refractivity contribution in [1.29, 1.82) is 0 Å². The fraction of sp³-hybridized carbons (Fsp3) is 1.00. The third-order valence-corrected chi connectivity index (χ3v) is 4.43. The maximum atomic E-state index is 11.2. The summed E-state index contributed by atoms with van der Waals surface area (Å²) in [7, 11) is -1.50. The van der Waals surface area contributed by atoms with Crippen molar-refractivity contribution >= 4 is 10.0 Å². The van der Waals surface area contributed by atoms with Crippen LogP contribution in [0.3, 0.4) is 0 Å². The molecule has 0 aromatic carbocycles. The van der Waals surface area contributed by atoms with E-state index in [2.05, 4.69) is 11.6 Å². The van der Waals surface area contributed by atoms with Crippen molar-refractivity contribution in [3.8, 4) is 0 Å². The summed E-state index contributed by atoms with van der Waals surface area (Å²) in [6.45, 7) is 2.24. The van der Waals surface area contributed by atoms with Gasteiger partial charge in [-0.05, 0) is 31.7 Å². The molecule has 0 heterocycles. The first-order valence-corrected chi connectivity index (χ1v) is 6.60. The Morgan fingerprint density at radius 3 is 2.23 bits per heavy atom. The molecular weight excluding hydrogens is 186 g/mol. The van der Waals surface area contributed by atoms with Crippen LogP contribution in [0.25, 0.3) is 0 Å². The van der Waals surface area contributed by atoms with Gasteiger partial charge in [0.15, 0.2) is 0 Å². The van der Waals surface area contributed by atoms with Gasteiger partial charge in [0.05, 0.1) is 5.75 Å². The van der Waals surface area contributed by atoms with Gasteiger partial charge in [0.1, 0.15) is 0 Å². The van der Waals surface area contributed by atoms with E-state index in [1.54, 1.807) is 0 Å². The maximum absolute atomic E-state index is 11.2. The monoisotopic (exact) mass is 205 g/mol. The second kappa shape index (κ2) is 4.42. The fourth-order valence-electron chi connectivity index (χ4n) is 1.89. The van der Waals surface area contributed by atoms with Crippen molar-refractivity contribution in [2.45, 2.75) is 32.6 Å². The maximum Gasteiger partial charge on any atom is 0.211 e. The molecule has 0 radical (unpaired) electrons. The van der Waals surface area contributed by atoms with Crippen LogP contribution in [0, 0.1) is 11.8 Å². The van der Waals surface area contributed by atoms with Crippen LogP contribution in [0.4, 0.5) is 0 Å². The van der Waals surface area contributed by atoms with E-state index in [0.29, 0.717) is 11.7 Å².